The van der Waals surface area contributed by atoms with Gasteiger partial charge in [-0.1, -0.05) is 47.6 Å². The number of carbonyl (C=O) groups excluding carboxylic acids is 1. The van der Waals surface area contributed by atoms with Crippen LogP contribution in [0.1, 0.15) is 11.5 Å². The standard InChI is InChI=1S/C23H19FN4O5S/c24-18-10-4-5-11-20(18)34(30,31)28-19(13-16-7-2-1-3-8-16)23(29)32-15-21-26-22(27-33-21)17-9-6-12-25-14-17/h1-12,14,19,28H,13,15H2/t19-/m0/s1. The Morgan fingerprint density at radius 1 is 1.06 bits per heavy atom. The first-order chi connectivity index (χ1) is 16.4. The van der Waals surface area contributed by atoms with E-state index >= 15 is 0 Å². The number of sulfonamides is 1. The second-order valence-corrected chi connectivity index (χ2v) is 8.84. The van der Waals surface area contributed by atoms with Crippen LogP contribution >= 0.6 is 0 Å². The molecule has 2 aromatic carbocycles. The van der Waals surface area contributed by atoms with Crippen LogP contribution in [0.25, 0.3) is 11.4 Å². The molecule has 0 spiro atoms. The minimum atomic E-state index is -4.35. The number of carbonyl (C=O) groups is 1. The summed E-state index contributed by atoms with van der Waals surface area (Å²) < 4.78 is 52.3. The summed E-state index contributed by atoms with van der Waals surface area (Å²) in [6.07, 6.45) is 3.13. The first-order valence-corrected chi connectivity index (χ1v) is 11.6. The molecule has 0 amide bonds. The molecular formula is C23H19FN4O5S. The van der Waals surface area contributed by atoms with E-state index in [4.69, 9.17) is 9.26 Å². The molecule has 4 rings (SSSR count). The number of rotatable bonds is 9. The van der Waals surface area contributed by atoms with Crippen molar-refractivity contribution in [2.75, 3.05) is 0 Å². The van der Waals surface area contributed by atoms with Crippen LogP contribution in [0.15, 0.2) is 88.5 Å². The number of pyridine rings is 1. The number of hydrogen-bond acceptors (Lipinski definition) is 8. The molecule has 0 bridgehead atoms. The molecule has 0 unspecified atom stereocenters. The van der Waals surface area contributed by atoms with E-state index in [9.17, 15) is 17.6 Å². The van der Waals surface area contributed by atoms with E-state index < -0.39 is 32.7 Å². The van der Waals surface area contributed by atoms with Gasteiger partial charge in [0.1, 0.15) is 16.8 Å². The molecule has 0 aliphatic heterocycles. The molecule has 4 aromatic rings. The lowest BCUT2D eigenvalue weighted by atomic mass is 10.1. The second-order valence-electron chi connectivity index (χ2n) is 7.16. The molecular weight excluding hydrogens is 463 g/mol. The van der Waals surface area contributed by atoms with Crippen LogP contribution < -0.4 is 4.72 Å². The largest absolute Gasteiger partial charge is 0.454 e. The minimum Gasteiger partial charge on any atom is -0.454 e. The lowest BCUT2D eigenvalue weighted by Crippen LogP contribution is -2.43. The predicted molar refractivity (Wildman–Crippen MR) is 118 cm³/mol. The number of hydrogen-bond donors (Lipinski definition) is 1. The molecule has 0 saturated carbocycles. The molecule has 0 fully saturated rings. The Balaban J connectivity index is 1.50. The van der Waals surface area contributed by atoms with E-state index in [1.54, 1.807) is 54.9 Å². The first kappa shape index (κ1) is 23.2. The van der Waals surface area contributed by atoms with Gasteiger partial charge in [0.25, 0.3) is 5.89 Å². The molecule has 1 N–H and O–H groups in total. The Morgan fingerprint density at radius 2 is 1.82 bits per heavy atom. The van der Waals surface area contributed by atoms with Crippen molar-refractivity contribution in [2.45, 2.75) is 24.0 Å². The third kappa shape index (κ3) is 5.69. The fraction of sp³-hybridized carbons (Fsp3) is 0.130. The van der Waals surface area contributed by atoms with Crippen LogP contribution in [-0.4, -0.2) is 35.6 Å². The molecule has 2 heterocycles. The van der Waals surface area contributed by atoms with Crippen molar-refractivity contribution < 1.29 is 26.9 Å². The van der Waals surface area contributed by atoms with E-state index in [-0.39, 0.29) is 24.7 Å². The highest BCUT2D eigenvalue weighted by Gasteiger charge is 2.29. The van der Waals surface area contributed by atoms with Crippen LogP contribution in [0, 0.1) is 5.82 Å². The Kier molecular flexibility index (Phi) is 7.04. The van der Waals surface area contributed by atoms with Crippen LogP contribution in [-0.2, 0) is 32.6 Å². The number of benzene rings is 2. The lowest BCUT2D eigenvalue weighted by molar-refractivity contribution is -0.147. The maximum Gasteiger partial charge on any atom is 0.325 e. The van der Waals surface area contributed by atoms with E-state index in [2.05, 4.69) is 19.8 Å². The smallest absolute Gasteiger partial charge is 0.325 e. The van der Waals surface area contributed by atoms with Gasteiger partial charge in [-0.05, 0) is 36.2 Å². The van der Waals surface area contributed by atoms with Crippen molar-refractivity contribution in [3.8, 4) is 11.4 Å². The lowest BCUT2D eigenvalue weighted by Gasteiger charge is -2.18. The number of nitrogens with zero attached hydrogens (tertiary/aromatic N) is 3. The van der Waals surface area contributed by atoms with Crippen molar-refractivity contribution >= 4 is 16.0 Å². The average molecular weight is 482 g/mol. The molecule has 0 radical (unpaired) electrons. The van der Waals surface area contributed by atoms with Gasteiger partial charge >= 0.3 is 5.97 Å². The Bertz CT molecular complexity index is 1360. The summed E-state index contributed by atoms with van der Waals surface area (Å²) in [6.45, 7) is -0.376. The zero-order valence-electron chi connectivity index (χ0n) is 17.7. The SMILES string of the molecule is O=C(OCc1nc(-c2cccnc2)no1)[C@H](Cc1ccccc1)NS(=O)(=O)c1ccccc1F. The third-order valence-corrected chi connectivity index (χ3v) is 6.22. The Morgan fingerprint density at radius 3 is 2.56 bits per heavy atom. The van der Waals surface area contributed by atoms with E-state index in [0.29, 0.717) is 11.1 Å². The monoisotopic (exact) mass is 482 g/mol. The molecule has 0 aliphatic rings. The Hall–Kier alpha value is -3.96. The summed E-state index contributed by atoms with van der Waals surface area (Å²) in [4.78, 5) is 20.4. The second kappa shape index (κ2) is 10.3. The van der Waals surface area contributed by atoms with Crippen molar-refractivity contribution in [2.24, 2.45) is 0 Å². The number of nitrogens with one attached hydrogen (secondary N) is 1. The van der Waals surface area contributed by atoms with Gasteiger partial charge in [0, 0.05) is 18.0 Å². The van der Waals surface area contributed by atoms with Gasteiger partial charge in [-0.25, -0.2) is 12.8 Å². The van der Waals surface area contributed by atoms with Crippen molar-refractivity contribution in [1.82, 2.24) is 19.8 Å². The molecule has 34 heavy (non-hydrogen) atoms. The minimum absolute atomic E-state index is 0.0157. The molecule has 11 heteroatoms. The number of aromatic nitrogens is 3. The maximum atomic E-state index is 14.1. The molecule has 174 valence electrons. The highest BCUT2D eigenvalue weighted by Crippen LogP contribution is 2.17. The van der Waals surface area contributed by atoms with Crippen molar-refractivity contribution in [3.63, 3.8) is 0 Å². The predicted octanol–water partition coefficient (Wildman–Crippen LogP) is 2.90. The van der Waals surface area contributed by atoms with Crippen molar-refractivity contribution in [1.29, 1.82) is 0 Å². The van der Waals surface area contributed by atoms with Crippen LogP contribution in [0.2, 0.25) is 0 Å². The number of ether oxygens (including phenoxy) is 1. The molecule has 9 nitrogen and oxygen atoms in total. The van der Waals surface area contributed by atoms with Gasteiger partial charge in [-0.3, -0.25) is 9.78 Å². The molecule has 2 aromatic heterocycles. The first-order valence-electron chi connectivity index (χ1n) is 10.1. The van der Waals surface area contributed by atoms with Gasteiger partial charge in [-0.2, -0.15) is 9.71 Å². The molecule has 0 saturated heterocycles. The summed E-state index contributed by atoms with van der Waals surface area (Å²) in [7, 11) is -4.35. The fourth-order valence-corrected chi connectivity index (χ4v) is 4.36. The van der Waals surface area contributed by atoms with Gasteiger partial charge in [0.05, 0.1) is 0 Å². The van der Waals surface area contributed by atoms with Gasteiger partial charge in [0.15, 0.2) is 6.61 Å². The third-order valence-electron chi connectivity index (χ3n) is 4.72. The van der Waals surface area contributed by atoms with Gasteiger partial charge in [-0.15, -0.1) is 0 Å². The van der Waals surface area contributed by atoms with E-state index in [1.165, 1.54) is 12.1 Å². The van der Waals surface area contributed by atoms with Crippen LogP contribution in [0.3, 0.4) is 0 Å². The van der Waals surface area contributed by atoms with Gasteiger partial charge in [0.2, 0.25) is 15.8 Å². The average Bonchev–Trinajstić information content (AvgIpc) is 3.32. The topological polar surface area (TPSA) is 124 Å². The number of esters is 1. The maximum absolute atomic E-state index is 14.1. The summed E-state index contributed by atoms with van der Waals surface area (Å²) in [5.41, 5.74) is 1.29. The number of halogens is 1. The summed E-state index contributed by atoms with van der Waals surface area (Å²) >= 11 is 0. The molecule has 1 atom stereocenters. The van der Waals surface area contributed by atoms with Crippen molar-refractivity contribution in [3.05, 3.63) is 96.4 Å². The molecule has 0 aliphatic carbocycles. The summed E-state index contributed by atoms with van der Waals surface area (Å²) in [5.74, 6) is -1.54. The highest BCUT2D eigenvalue weighted by atomic mass is 32.2. The van der Waals surface area contributed by atoms with E-state index in [1.807, 2.05) is 0 Å². The summed E-state index contributed by atoms with van der Waals surface area (Å²) in [5, 5.41) is 3.82. The Labute approximate surface area is 194 Å². The van der Waals surface area contributed by atoms with Crippen LogP contribution in [0.5, 0.6) is 0 Å². The fourth-order valence-electron chi connectivity index (χ4n) is 3.10. The quantitative estimate of drug-likeness (QED) is 0.361. The normalized spacial score (nSPS) is 12.3. The zero-order chi connectivity index (χ0) is 24.0. The zero-order valence-corrected chi connectivity index (χ0v) is 18.5. The summed E-state index contributed by atoms with van der Waals surface area (Å²) in [6, 6.07) is 15.8. The van der Waals surface area contributed by atoms with E-state index in [0.717, 1.165) is 12.1 Å². The van der Waals surface area contributed by atoms with Gasteiger partial charge < -0.3 is 9.26 Å². The highest BCUT2D eigenvalue weighted by molar-refractivity contribution is 7.89. The van der Waals surface area contributed by atoms with Crippen LogP contribution in [0.4, 0.5) is 4.39 Å².